The van der Waals surface area contributed by atoms with Crippen molar-refractivity contribution in [1.82, 2.24) is 24.9 Å². The van der Waals surface area contributed by atoms with Gasteiger partial charge in [0.05, 0.1) is 12.8 Å². The van der Waals surface area contributed by atoms with Crippen LogP contribution in [0.1, 0.15) is 11.4 Å². The van der Waals surface area contributed by atoms with Gasteiger partial charge >= 0.3 is 6.03 Å². The average Bonchev–Trinajstić information content (AvgIpc) is 3.12. The Morgan fingerprint density at radius 1 is 0.967 bits per heavy atom. The van der Waals surface area contributed by atoms with E-state index in [4.69, 9.17) is 4.74 Å². The molecule has 1 fully saturated rings. The molecule has 0 atom stereocenters. The van der Waals surface area contributed by atoms with Crippen molar-refractivity contribution >= 4 is 17.5 Å². The zero-order chi connectivity index (χ0) is 21.1. The number of hydrogen-bond acceptors (Lipinski definition) is 6. The molecule has 2 amide bonds. The summed E-state index contributed by atoms with van der Waals surface area (Å²) >= 11 is 0. The van der Waals surface area contributed by atoms with Gasteiger partial charge in [-0.25, -0.2) is 9.48 Å². The number of nitrogens with zero attached hydrogens (tertiary/aromatic N) is 6. The van der Waals surface area contributed by atoms with Crippen LogP contribution in [0.4, 0.5) is 16.3 Å². The Balaban J connectivity index is 1.33. The first-order valence-electron chi connectivity index (χ1n) is 9.86. The van der Waals surface area contributed by atoms with Crippen molar-refractivity contribution < 1.29 is 9.53 Å². The fourth-order valence-corrected chi connectivity index (χ4v) is 3.48. The van der Waals surface area contributed by atoms with E-state index in [0.717, 1.165) is 28.6 Å². The maximum Gasteiger partial charge on any atom is 0.321 e. The number of ether oxygens (including phenoxy) is 1. The molecule has 2 aromatic heterocycles. The van der Waals surface area contributed by atoms with E-state index in [1.54, 1.807) is 16.7 Å². The standard InChI is InChI=1S/C21H25N7O2/c1-15-14-16(2)28(25-15)20-9-8-19(23-24-20)26-10-12-27(13-11-26)21(29)22-17-4-6-18(30-3)7-5-17/h4-9,14H,10-13H2,1-3H3,(H,22,29). The highest BCUT2D eigenvalue weighted by Gasteiger charge is 2.22. The fraction of sp³-hybridized carbons (Fsp3) is 0.333. The highest BCUT2D eigenvalue weighted by atomic mass is 16.5. The number of rotatable bonds is 4. The minimum Gasteiger partial charge on any atom is -0.497 e. The van der Waals surface area contributed by atoms with Crippen molar-refractivity contribution in [3.05, 3.63) is 53.9 Å². The van der Waals surface area contributed by atoms with Gasteiger partial charge in [-0.3, -0.25) is 0 Å². The molecule has 30 heavy (non-hydrogen) atoms. The molecule has 1 aliphatic rings. The van der Waals surface area contributed by atoms with Gasteiger partial charge in [-0.1, -0.05) is 0 Å². The van der Waals surface area contributed by atoms with Crippen molar-refractivity contribution in [2.75, 3.05) is 43.5 Å². The van der Waals surface area contributed by atoms with Gasteiger partial charge in [-0.2, -0.15) is 5.10 Å². The van der Waals surface area contributed by atoms with Crippen LogP contribution in [0.15, 0.2) is 42.5 Å². The lowest BCUT2D eigenvalue weighted by Gasteiger charge is -2.35. The summed E-state index contributed by atoms with van der Waals surface area (Å²) in [6, 6.07) is 13.1. The fourth-order valence-electron chi connectivity index (χ4n) is 3.48. The monoisotopic (exact) mass is 407 g/mol. The third kappa shape index (κ3) is 4.19. The Hall–Kier alpha value is -3.62. The molecule has 4 rings (SSSR count). The van der Waals surface area contributed by atoms with Gasteiger partial charge in [-0.15, -0.1) is 10.2 Å². The topological polar surface area (TPSA) is 88.4 Å². The minimum absolute atomic E-state index is 0.106. The molecule has 9 nitrogen and oxygen atoms in total. The Bertz CT molecular complexity index is 1010. The summed E-state index contributed by atoms with van der Waals surface area (Å²) in [5, 5.41) is 16.1. The Kier molecular flexibility index (Phi) is 5.51. The number of urea groups is 1. The molecular formula is C21H25N7O2. The number of piperazine rings is 1. The van der Waals surface area contributed by atoms with Crippen LogP contribution in [0, 0.1) is 13.8 Å². The van der Waals surface area contributed by atoms with Crippen molar-refractivity contribution in [3.63, 3.8) is 0 Å². The zero-order valence-corrected chi connectivity index (χ0v) is 17.4. The number of nitrogens with one attached hydrogen (secondary N) is 1. The molecule has 1 saturated heterocycles. The van der Waals surface area contributed by atoms with Crippen LogP contribution in [-0.4, -0.2) is 64.2 Å². The third-order valence-electron chi connectivity index (χ3n) is 5.10. The summed E-state index contributed by atoms with van der Waals surface area (Å²) in [7, 11) is 1.62. The summed E-state index contributed by atoms with van der Waals surface area (Å²) in [5.41, 5.74) is 2.71. The van der Waals surface area contributed by atoms with Crippen LogP contribution in [0.3, 0.4) is 0 Å². The lowest BCUT2D eigenvalue weighted by molar-refractivity contribution is 0.208. The number of hydrogen-bond donors (Lipinski definition) is 1. The summed E-state index contributed by atoms with van der Waals surface area (Å²) in [5.74, 6) is 2.25. The molecule has 0 bridgehead atoms. The lowest BCUT2D eigenvalue weighted by Crippen LogP contribution is -2.50. The summed E-state index contributed by atoms with van der Waals surface area (Å²) in [6.07, 6.45) is 0. The van der Waals surface area contributed by atoms with Gasteiger partial charge in [0, 0.05) is 37.6 Å². The molecule has 0 saturated carbocycles. The first-order valence-corrected chi connectivity index (χ1v) is 9.86. The van der Waals surface area contributed by atoms with Gasteiger partial charge in [0.2, 0.25) is 0 Å². The van der Waals surface area contributed by atoms with Crippen molar-refractivity contribution in [1.29, 1.82) is 0 Å². The van der Waals surface area contributed by atoms with Crippen molar-refractivity contribution in [2.24, 2.45) is 0 Å². The molecule has 9 heteroatoms. The van der Waals surface area contributed by atoms with Crippen LogP contribution >= 0.6 is 0 Å². The summed E-state index contributed by atoms with van der Waals surface area (Å²) < 4.78 is 6.92. The molecule has 1 N–H and O–H groups in total. The Morgan fingerprint density at radius 3 is 2.20 bits per heavy atom. The number of benzene rings is 1. The Labute approximate surface area is 175 Å². The number of amides is 2. The van der Waals surface area contributed by atoms with Crippen molar-refractivity contribution in [3.8, 4) is 11.6 Å². The molecule has 3 aromatic rings. The second-order valence-electron chi connectivity index (χ2n) is 7.22. The van der Waals surface area contributed by atoms with Crippen LogP contribution in [0.25, 0.3) is 5.82 Å². The number of aromatic nitrogens is 4. The number of methoxy groups -OCH3 is 1. The summed E-state index contributed by atoms with van der Waals surface area (Å²) in [4.78, 5) is 16.5. The highest BCUT2D eigenvalue weighted by molar-refractivity contribution is 5.89. The molecule has 1 aromatic carbocycles. The normalized spacial score (nSPS) is 14.0. The quantitative estimate of drug-likeness (QED) is 0.715. The second kappa shape index (κ2) is 8.40. The SMILES string of the molecule is COc1ccc(NC(=O)N2CCN(c3ccc(-n4nc(C)cc4C)nn3)CC2)cc1. The van der Waals surface area contributed by atoms with Gasteiger partial charge in [0.1, 0.15) is 5.75 Å². The van der Waals surface area contributed by atoms with Crippen LogP contribution in [0.5, 0.6) is 5.75 Å². The van der Waals surface area contributed by atoms with E-state index >= 15 is 0 Å². The smallest absolute Gasteiger partial charge is 0.321 e. The van der Waals surface area contributed by atoms with Gasteiger partial charge in [-0.05, 0) is 56.3 Å². The van der Waals surface area contributed by atoms with E-state index in [9.17, 15) is 4.79 Å². The predicted molar refractivity (Wildman–Crippen MR) is 114 cm³/mol. The van der Waals surface area contributed by atoms with Gasteiger partial charge < -0.3 is 19.9 Å². The van der Waals surface area contributed by atoms with E-state index < -0.39 is 0 Å². The van der Waals surface area contributed by atoms with E-state index in [1.807, 2.05) is 56.3 Å². The zero-order valence-electron chi connectivity index (χ0n) is 17.4. The van der Waals surface area contributed by atoms with Gasteiger partial charge in [0.15, 0.2) is 11.6 Å². The lowest BCUT2D eigenvalue weighted by atomic mass is 10.3. The molecule has 3 heterocycles. The maximum absolute atomic E-state index is 12.5. The average molecular weight is 407 g/mol. The first kappa shape index (κ1) is 19.7. The molecule has 0 radical (unpaired) electrons. The van der Waals surface area contributed by atoms with E-state index in [1.165, 1.54) is 0 Å². The number of anilines is 2. The molecule has 0 unspecified atom stereocenters. The molecular weight excluding hydrogens is 382 g/mol. The van der Waals surface area contributed by atoms with E-state index in [2.05, 4.69) is 25.5 Å². The summed E-state index contributed by atoms with van der Waals surface area (Å²) in [6.45, 7) is 6.57. The van der Waals surface area contributed by atoms with Crippen molar-refractivity contribution in [2.45, 2.75) is 13.8 Å². The molecule has 0 aliphatic carbocycles. The number of aryl methyl sites for hydroxylation is 2. The molecule has 156 valence electrons. The molecule has 0 spiro atoms. The van der Waals surface area contributed by atoms with E-state index in [0.29, 0.717) is 32.0 Å². The maximum atomic E-state index is 12.5. The predicted octanol–water partition coefficient (Wildman–Crippen LogP) is 2.64. The largest absolute Gasteiger partial charge is 0.497 e. The van der Waals surface area contributed by atoms with Crippen LogP contribution in [0.2, 0.25) is 0 Å². The Morgan fingerprint density at radius 2 is 1.63 bits per heavy atom. The minimum atomic E-state index is -0.106. The van der Waals surface area contributed by atoms with Crippen LogP contribution < -0.4 is 15.0 Å². The van der Waals surface area contributed by atoms with Crippen LogP contribution in [-0.2, 0) is 0 Å². The van der Waals surface area contributed by atoms with E-state index in [-0.39, 0.29) is 6.03 Å². The number of carbonyl (C=O) groups is 1. The third-order valence-corrected chi connectivity index (χ3v) is 5.10. The highest BCUT2D eigenvalue weighted by Crippen LogP contribution is 2.18. The number of carbonyl (C=O) groups excluding carboxylic acids is 1. The first-order chi connectivity index (χ1) is 14.5. The van der Waals surface area contributed by atoms with Gasteiger partial charge in [0.25, 0.3) is 0 Å². The second-order valence-corrected chi connectivity index (χ2v) is 7.22. The molecule has 1 aliphatic heterocycles.